The molecule has 0 amide bonds. The molecule has 0 fully saturated rings. The summed E-state index contributed by atoms with van der Waals surface area (Å²) in [6, 6.07) is 2.86. The van der Waals surface area contributed by atoms with Gasteiger partial charge in [0, 0.05) is 6.04 Å². The highest BCUT2D eigenvalue weighted by molar-refractivity contribution is 7.89. The highest BCUT2D eigenvalue weighted by Gasteiger charge is 2.31. The molecule has 0 saturated heterocycles. The molecule has 6 nitrogen and oxygen atoms in total. The molecule has 0 bridgehead atoms. The molecular weight excluding hydrogens is 345 g/mol. The Morgan fingerprint density at radius 1 is 1.12 bits per heavy atom. The lowest BCUT2D eigenvalue weighted by Crippen LogP contribution is -2.41. The number of halogens is 3. The minimum atomic E-state index is -4.51. The van der Waals surface area contributed by atoms with E-state index in [4.69, 9.17) is 0 Å². The Labute approximate surface area is 137 Å². The van der Waals surface area contributed by atoms with Crippen LogP contribution >= 0.6 is 0 Å². The number of aromatic nitrogens is 3. The Morgan fingerprint density at radius 3 is 2.12 bits per heavy atom. The predicted octanol–water partition coefficient (Wildman–Crippen LogP) is 2.30. The third-order valence-electron chi connectivity index (χ3n) is 3.43. The number of benzene rings is 1. The van der Waals surface area contributed by atoms with E-state index in [9.17, 15) is 21.6 Å². The Bertz CT molecular complexity index is 756. The maximum atomic E-state index is 12.6. The van der Waals surface area contributed by atoms with Gasteiger partial charge < -0.3 is 0 Å². The Kier molecular flexibility index (Phi) is 5.29. The normalized spacial score (nSPS) is 14.1. The van der Waals surface area contributed by atoms with E-state index < -0.39 is 27.8 Å². The second-order valence-electron chi connectivity index (χ2n) is 5.58. The number of nitrogens with one attached hydrogen (secondary N) is 1. The van der Waals surface area contributed by atoms with E-state index in [1.165, 1.54) is 17.2 Å². The van der Waals surface area contributed by atoms with Gasteiger partial charge in [-0.2, -0.15) is 28.2 Å². The van der Waals surface area contributed by atoms with Crippen molar-refractivity contribution in [1.29, 1.82) is 0 Å². The van der Waals surface area contributed by atoms with Crippen LogP contribution in [0.25, 0.3) is 0 Å². The van der Waals surface area contributed by atoms with E-state index in [0.717, 1.165) is 24.3 Å². The first-order valence-corrected chi connectivity index (χ1v) is 8.61. The second-order valence-corrected chi connectivity index (χ2v) is 7.29. The average molecular weight is 362 g/mol. The smallest absolute Gasteiger partial charge is 0.207 e. The third kappa shape index (κ3) is 4.54. The fourth-order valence-corrected chi connectivity index (χ4v) is 3.36. The van der Waals surface area contributed by atoms with Gasteiger partial charge in [0.25, 0.3) is 0 Å². The van der Waals surface area contributed by atoms with Crippen LogP contribution in [0.2, 0.25) is 0 Å². The number of hydrogen-bond acceptors (Lipinski definition) is 4. The van der Waals surface area contributed by atoms with Gasteiger partial charge in [-0.3, -0.25) is 0 Å². The summed E-state index contributed by atoms with van der Waals surface area (Å²) in [6.07, 6.45) is -1.56. The van der Waals surface area contributed by atoms with Gasteiger partial charge in [0.05, 0.1) is 29.4 Å². The standard InChI is InChI=1S/C14H17F3N4O2S/c1-10(2)13(9-21-18-7-8-19-21)20-24(22,23)12-5-3-11(4-6-12)14(15,16)17/h3-8,10,13,20H,9H2,1-2H3/t13-/m0/s1. The van der Waals surface area contributed by atoms with Crippen LogP contribution in [0.3, 0.4) is 0 Å². The Balaban J connectivity index is 2.19. The summed E-state index contributed by atoms with van der Waals surface area (Å²) >= 11 is 0. The van der Waals surface area contributed by atoms with Crippen molar-refractivity contribution in [2.24, 2.45) is 5.92 Å². The summed E-state index contributed by atoms with van der Waals surface area (Å²) in [5.41, 5.74) is -0.900. The number of nitrogens with zero attached hydrogens (tertiary/aromatic N) is 3. The summed E-state index contributed by atoms with van der Waals surface area (Å²) in [5, 5.41) is 7.85. The molecule has 10 heteroatoms. The maximum absolute atomic E-state index is 12.6. The van der Waals surface area contributed by atoms with Gasteiger partial charge in [0.1, 0.15) is 0 Å². The van der Waals surface area contributed by atoms with Gasteiger partial charge in [-0.05, 0) is 30.2 Å². The molecule has 0 unspecified atom stereocenters. The molecule has 0 aliphatic heterocycles. The van der Waals surface area contributed by atoms with Crippen molar-refractivity contribution in [2.75, 3.05) is 0 Å². The first-order valence-electron chi connectivity index (χ1n) is 7.13. The zero-order valence-electron chi connectivity index (χ0n) is 13.0. The van der Waals surface area contributed by atoms with Crippen LogP contribution in [0.1, 0.15) is 19.4 Å². The van der Waals surface area contributed by atoms with Gasteiger partial charge in [0.15, 0.2) is 0 Å². The molecular formula is C14H17F3N4O2S. The van der Waals surface area contributed by atoms with Crippen LogP contribution in [-0.4, -0.2) is 29.5 Å². The van der Waals surface area contributed by atoms with Crippen LogP contribution in [0, 0.1) is 5.92 Å². The van der Waals surface area contributed by atoms with E-state index >= 15 is 0 Å². The number of hydrogen-bond donors (Lipinski definition) is 1. The van der Waals surface area contributed by atoms with E-state index in [1.54, 1.807) is 0 Å². The fourth-order valence-electron chi connectivity index (χ4n) is 1.99. The largest absolute Gasteiger partial charge is 0.416 e. The minimum absolute atomic E-state index is 0.0692. The minimum Gasteiger partial charge on any atom is -0.207 e. The van der Waals surface area contributed by atoms with E-state index in [1.807, 2.05) is 13.8 Å². The highest BCUT2D eigenvalue weighted by Crippen LogP contribution is 2.29. The predicted molar refractivity (Wildman–Crippen MR) is 80.4 cm³/mol. The maximum Gasteiger partial charge on any atom is 0.416 e. The Hall–Kier alpha value is -1.94. The third-order valence-corrected chi connectivity index (χ3v) is 4.94. The molecule has 2 aromatic rings. The van der Waals surface area contributed by atoms with Crippen LogP contribution in [0.15, 0.2) is 41.6 Å². The average Bonchev–Trinajstić information content (AvgIpc) is 2.98. The molecule has 1 aromatic carbocycles. The van der Waals surface area contributed by atoms with Crippen LogP contribution < -0.4 is 4.72 Å². The van der Waals surface area contributed by atoms with Crippen molar-refractivity contribution in [3.05, 3.63) is 42.2 Å². The van der Waals surface area contributed by atoms with Crippen molar-refractivity contribution in [2.45, 2.75) is 37.5 Å². The van der Waals surface area contributed by atoms with E-state index in [0.29, 0.717) is 0 Å². The number of sulfonamides is 1. The quantitative estimate of drug-likeness (QED) is 0.855. The van der Waals surface area contributed by atoms with Crippen molar-refractivity contribution in [3.8, 4) is 0 Å². The topological polar surface area (TPSA) is 76.9 Å². The van der Waals surface area contributed by atoms with Crippen LogP contribution in [-0.2, 0) is 22.7 Å². The fraction of sp³-hybridized carbons (Fsp3) is 0.429. The molecule has 132 valence electrons. The lowest BCUT2D eigenvalue weighted by Gasteiger charge is -2.21. The summed E-state index contributed by atoms with van der Waals surface area (Å²) in [5.74, 6) is -0.0692. The lowest BCUT2D eigenvalue weighted by molar-refractivity contribution is -0.137. The number of alkyl halides is 3. The van der Waals surface area contributed by atoms with Crippen molar-refractivity contribution < 1.29 is 21.6 Å². The summed E-state index contributed by atoms with van der Waals surface area (Å²) in [7, 11) is -3.96. The summed E-state index contributed by atoms with van der Waals surface area (Å²) < 4.78 is 65.0. The molecule has 24 heavy (non-hydrogen) atoms. The van der Waals surface area contributed by atoms with Gasteiger partial charge in [-0.15, -0.1) is 0 Å². The molecule has 1 atom stereocenters. The van der Waals surface area contributed by atoms with Gasteiger partial charge >= 0.3 is 6.18 Å². The highest BCUT2D eigenvalue weighted by atomic mass is 32.2. The molecule has 0 radical (unpaired) electrons. The summed E-state index contributed by atoms with van der Waals surface area (Å²) in [6.45, 7) is 3.86. The molecule has 1 N–H and O–H groups in total. The zero-order valence-corrected chi connectivity index (χ0v) is 13.8. The van der Waals surface area contributed by atoms with E-state index in [-0.39, 0.29) is 17.4 Å². The van der Waals surface area contributed by atoms with Crippen molar-refractivity contribution >= 4 is 10.0 Å². The molecule has 1 heterocycles. The van der Waals surface area contributed by atoms with Crippen molar-refractivity contribution in [1.82, 2.24) is 19.7 Å². The molecule has 2 rings (SSSR count). The SMILES string of the molecule is CC(C)[C@H](Cn1nccn1)NS(=O)(=O)c1ccc(C(F)(F)F)cc1. The molecule has 0 saturated carbocycles. The van der Waals surface area contributed by atoms with Gasteiger partial charge in [-0.1, -0.05) is 13.8 Å². The van der Waals surface area contributed by atoms with Crippen LogP contribution in [0.5, 0.6) is 0 Å². The first kappa shape index (κ1) is 18.4. The van der Waals surface area contributed by atoms with E-state index in [2.05, 4.69) is 14.9 Å². The Morgan fingerprint density at radius 2 is 1.67 bits per heavy atom. The summed E-state index contributed by atoms with van der Waals surface area (Å²) in [4.78, 5) is 1.12. The lowest BCUT2D eigenvalue weighted by atomic mass is 10.1. The van der Waals surface area contributed by atoms with Crippen LogP contribution in [0.4, 0.5) is 13.2 Å². The zero-order chi connectivity index (χ0) is 18.0. The molecule has 0 aliphatic rings. The molecule has 0 aliphatic carbocycles. The molecule has 1 aromatic heterocycles. The second kappa shape index (κ2) is 6.89. The first-order chi connectivity index (χ1) is 11.1. The monoisotopic (exact) mass is 362 g/mol. The van der Waals surface area contributed by atoms with Crippen molar-refractivity contribution in [3.63, 3.8) is 0 Å². The molecule has 0 spiro atoms. The number of rotatable bonds is 6. The van der Waals surface area contributed by atoms with Gasteiger partial charge in [0.2, 0.25) is 10.0 Å². The van der Waals surface area contributed by atoms with Gasteiger partial charge in [-0.25, -0.2) is 13.1 Å².